The van der Waals surface area contributed by atoms with Crippen molar-refractivity contribution < 1.29 is 9.21 Å². The average molecular weight is 437 g/mol. The van der Waals surface area contributed by atoms with E-state index in [0.29, 0.717) is 22.5 Å². The minimum atomic E-state index is -0.346. The molecule has 4 aromatic rings. The third-order valence-electron chi connectivity index (χ3n) is 4.19. The van der Waals surface area contributed by atoms with Crippen LogP contribution in [0.25, 0.3) is 11.5 Å². The lowest BCUT2D eigenvalue weighted by Gasteiger charge is -2.07. The summed E-state index contributed by atoms with van der Waals surface area (Å²) < 4.78 is 6.58. The van der Waals surface area contributed by atoms with Gasteiger partial charge in [0.05, 0.1) is 12.8 Å². The molecule has 0 unspecified atom stereocenters. The quantitative estimate of drug-likeness (QED) is 0.451. The van der Waals surface area contributed by atoms with Crippen LogP contribution in [0.15, 0.2) is 51.2 Å². The van der Waals surface area contributed by atoms with Crippen LogP contribution in [-0.4, -0.2) is 37.2 Å². The van der Waals surface area contributed by atoms with Gasteiger partial charge in [0.25, 0.3) is 11.5 Å². The fourth-order valence-corrected chi connectivity index (χ4v) is 3.53. The van der Waals surface area contributed by atoms with Gasteiger partial charge in [0.15, 0.2) is 10.9 Å². The van der Waals surface area contributed by atoms with Crippen LogP contribution in [0.4, 0.5) is 11.1 Å². The van der Waals surface area contributed by atoms with Gasteiger partial charge in [0, 0.05) is 29.4 Å². The van der Waals surface area contributed by atoms with Crippen LogP contribution >= 0.6 is 11.3 Å². The summed E-state index contributed by atoms with van der Waals surface area (Å²) in [6.45, 7) is 4.19. The van der Waals surface area contributed by atoms with E-state index in [4.69, 9.17) is 4.42 Å². The Bertz CT molecular complexity index is 1240. The minimum absolute atomic E-state index is 0.213. The van der Waals surface area contributed by atoms with Crippen LogP contribution in [0.2, 0.25) is 0 Å². The number of nitrogens with one attached hydrogen (secondary N) is 2. The number of hydrogen-bond acceptors (Lipinski definition) is 9. The molecule has 0 aliphatic carbocycles. The van der Waals surface area contributed by atoms with Crippen molar-refractivity contribution in [3.63, 3.8) is 0 Å². The lowest BCUT2D eigenvalue weighted by Crippen LogP contribution is -2.32. The largest absolute Gasteiger partial charge is 0.463 e. The van der Waals surface area contributed by atoms with Crippen LogP contribution in [0.5, 0.6) is 0 Å². The zero-order valence-electron chi connectivity index (χ0n) is 16.8. The van der Waals surface area contributed by atoms with E-state index in [-0.39, 0.29) is 30.2 Å². The number of rotatable bonds is 7. The molecule has 0 bridgehead atoms. The van der Waals surface area contributed by atoms with Crippen LogP contribution in [0, 0.1) is 13.8 Å². The molecule has 158 valence electrons. The van der Waals surface area contributed by atoms with Crippen molar-refractivity contribution in [2.24, 2.45) is 0 Å². The summed E-state index contributed by atoms with van der Waals surface area (Å²) in [5.74, 6) is 0.648. The Labute approximate surface area is 181 Å². The first-order chi connectivity index (χ1) is 15.0. The highest BCUT2D eigenvalue weighted by Crippen LogP contribution is 2.19. The van der Waals surface area contributed by atoms with E-state index in [1.54, 1.807) is 23.6 Å². The molecule has 0 saturated heterocycles. The maximum Gasteiger partial charge on any atom is 0.270 e. The molecule has 0 aliphatic rings. The summed E-state index contributed by atoms with van der Waals surface area (Å²) in [4.78, 5) is 37.3. The van der Waals surface area contributed by atoms with Gasteiger partial charge in [-0.3, -0.25) is 9.59 Å². The lowest BCUT2D eigenvalue weighted by molar-refractivity contribution is 0.0947. The molecule has 0 saturated carbocycles. The predicted molar refractivity (Wildman–Crippen MR) is 115 cm³/mol. The van der Waals surface area contributed by atoms with Gasteiger partial charge in [-0.2, -0.15) is 5.10 Å². The van der Waals surface area contributed by atoms with Crippen molar-refractivity contribution in [1.82, 2.24) is 30.0 Å². The highest BCUT2D eigenvalue weighted by atomic mass is 32.1. The van der Waals surface area contributed by atoms with E-state index in [9.17, 15) is 9.59 Å². The molecule has 31 heavy (non-hydrogen) atoms. The zero-order valence-corrected chi connectivity index (χ0v) is 17.6. The average Bonchev–Trinajstić information content (AvgIpc) is 3.41. The molecular weight excluding hydrogens is 418 g/mol. The minimum Gasteiger partial charge on any atom is -0.463 e. The standard InChI is InChI=1S/C20H19N7O3S/c1-12-10-13(2)23-19(22-12)25-20-24-15(11-31-20)18(29)21-7-8-27-17(28)6-5-14(26-27)16-4-3-9-30-16/h3-6,9-11H,7-8H2,1-2H3,(H,21,29)(H,22,23,24,25). The number of carbonyl (C=O) groups is 1. The molecule has 10 nitrogen and oxygen atoms in total. The molecular formula is C20H19N7O3S. The van der Waals surface area contributed by atoms with Gasteiger partial charge in [-0.15, -0.1) is 11.3 Å². The second-order valence-corrected chi connectivity index (χ2v) is 7.51. The molecule has 0 radical (unpaired) electrons. The molecule has 2 N–H and O–H groups in total. The third kappa shape index (κ3) is 5.01. The maximum atomic E-state index is 12.4. The number of aryl methyl sites for hydroxylation is 2. The fourth-order valence-electron chi connectivity index (χ4n) is 2.84. The van der Waals surface area contributed by atoms with E-state index in [1.807, 2.05) is 19.9 Å². The SMILES string of the molecule is Cc1cc(C)nc(Nc2nc(C(=O)NCCn3nc(-c4ccco4)ccc3=O)cs2)n1. The molecule has 0 atom stereocenters. The van der Waals surface area contributed by atoms with Crippen molar-refractivity contribution in [1.29, 1.82) is 0 Å². The number of thiazole rings is 1. The molecule has 0 aliphatic heterocycles. The summed E-state index contributed by atoms with van der Waals surface area (Å²) in [6.07, 6.45) is 1.54. The normalized spacial score (nSPS) is 10.8. The molecule has 4 heterocycles. The van der Waals surface area contributed by atoms with Crippen molar-refractivity contribution in [3.05, 3.63) is 69.4 Å². The molecule has 1 amide bonds. The van der Waals surface area contributed by atoms with Crippen molar-refractivity contribution in [2.45, 2.75) is 20.4 Å². The molecule has 11 heteroatoms. The molecule has 4 rings (SSSR count). The zero-order chi connectivity index (χ0) is 21.8. The third-order valence-corrected chi connectivity index (χ3v) is 4.94. The molecule has 0 spiro atoms. The van der Waals surface area contributed by atoms with Gasteiger partial charge >= 0.3 is 0 Å². The molecule has 4 aromatic heterocycles. The number of carbonyl (C=O) groups excluding carboxylic acids is 1. The van der Waals surface area contributed by atoms with Gasteiger partial charge in [0.1, 0.15) is 11.4 Å². The first-order valence-electron chi connectivity index (χ1n) is 9.43. The van der Waals surface area contributed by atoms with E-state index in [2.05, 4.69) is 30.7 Å². The van der Waals surface area contributed by atoms with E-state index in [1.165, 1.54) is 28.3 Å². The predicted octanol–water partition coefficient (Wildman–Crippen LogP) is 2.54. The first kappa shape index (κ1) is 20.4. The van der Waals surface area contributed by atoms with Crippen molar-refractivity contribution in [3.8, 4) is 11.5 Å². The Hall–Kier alpha value is -3.86. The summed E-state index contributed by atoms with van der Waals surface area (Å²) in [7, 11) is 0. The van der Waals surface area contributed by atoms with Gasteiger partial charge in [-0.25, -0.2) is 19.6 Å². The Balaban J connectivity index is 1.36. The van der Waals surface area contributed by atoms with Gasteiger partial charge in [0.2, 0.25) is 5.95 Å². The lowest BCUT2D eigenvalue weighted by atomic mass is 10.3. The number of aromatic nitrogens is 5. The summed E-state index contributed by atoms with van der Waals surface area (Å²) in [5.41, 5.74) is 2.22. The fraction of sp³-hybridized carbons (Fsp3) is 0.200. The van der Waals surface area contributed by atoms with Crippen molar-refractivity contribution in [2.75, 3.05) is 11.9 Å². The second-order valence-electron chi connectivity index (χ2n) is 6.65. The summed E-state index contributed by atoms with van der Waals surface area (Å²) in [6, 6.07) is 8.39. The molecule has 0 fully saturated rings. The smallest absolute Gasteiger partial charge is 0.270 e. The van der Waals surface area contributed by atoms with Crippen LogP contribution in [0.1, 0.15) is 21.9 Å². The van der Waals surface area contributed by atoms with Crippen LogP contribution in [0.3, 0.4) is 0 Å². The Morgan fingerprint density at radius 3 is 2.71 bits per heavy atom. The topological polar surface area (TPSA) is 128 Å². The number of furan rings is 1. The monoisotopic (exact) mass is 437 g/mol. The van der Waals surface area contributed by atoms with Crippen LogP contribution < -0.4 is 16.2 Å². The summed E-state index contributed by atoms with van der Waals surface area (Å²) in [5, 5.41) is 12.2. The van der Waals surface area contributed by atoms with E-state index >= 15 is 0 Å². The Morgan fingerprint density at radius 1 is 1.16 bits per heavy atom. The summed E-state index contributed by atoms with van der Waals surface area (Å²) >= 11 is 1.28. The maximum absolute atomic E-state index is 12.4. The van der Waals surface area contributed by atoms with Gasteiger partial charge in [-0.05, 0) is 38.1 Å². The van der Waals surface area contributed by atoms with E-state index in [0.717, 1.165) is 11.4 Å². The van der Waals surface area contributed by atoms with Gasteiger partial charge < -0.3 is 15.1 Å². The number of anilines is 2. The first-order valence-corrected chi connectivity index (χ1v) is 10.3. The van der Waals surface area contributed by atoms with Crippen LogP contribution in [-0.2, 0) is 6.54 Å². The Morgan fingerprint density at radius 2 is 1.97 bits per heavy atom. The van der Waals surface area contributed by atoms with Crippen molar-refractivity contribution >= 4 is 28.3 Å². The van der Waals surface area contributed by atoms with E-state index < -0.39 is 0 Å². The van der Waals surface area contributed by atoms with Gasteiger partial charge in [-0.1, -0.05) is 0 Å². The number of amides is 1. The number of hydrogen-bond donors (Lipinski definition) is 2. The highest BCUT2D eigenvalue weighted by Gasteiger charge is 2.12. The highest BCUT2D eigenvalue weighted by molar-refractivity contribution is 7.14. The second kappa shape index (κ2) is 8.88. The molecule has 0 aromatic carbocycles. The Kier molecular flexibility index (Phi) is 5.85. The number of nitrogens with zero attached hydrogens (tertiary/aromatic N) is 5.